The van der Waals surface area contributed by atoms with E-state index in [2.05, 4.69) is 14.8 Å². The first-order valence-electron chi connectivity index (χ1n) is 10.8. The predicted molar refractivity (Wildman–Crippen MR) is 113 cm³/mol. The summed E-state index contributed by atoms with van der Waals surface area (Å²) >= 11 is 0. The number of sulfonamides is 1. The molecule has 1 amide bonds. The summed E-state index contributed by atoms with van der Waals surface area (Å²) < 4.78 is 32.1. The van der Waals surface area contributed by atoms with E-state index in [4.69, 9.17) is 4.74 Å². The van der Waals surface area contributed by atoms with Gasteiger partial charge in [-0.2, -0.15) is 4.31 Å². The third-order valence-corrected chi connectivity index (χ3v) is 7.91. The van der Waals surface area contributed by atoms with Gasteiger partial charge >= 0.3 is 0 Å². The van der Waals surface area contributed by atoms with Crippen LogP contribution in [0.25, 0.3) is 0 Å². The summed E-state index contributed by atoms with van der Waals surface area (Å²) in [6, 6.07) is 3.87. The molecule has 3 heterocycles. The molecule has 10 heteroatoms. The predicted octanol–water partition coefficient (Wildman–Crippen LogP) is 0.235. The lowest BCUT2D eigenvalue weighted by atomic mass is 10.3. The largest absolute Gasteiger partial charge is 0.379 e. The van der Waals surface area contributed by atoms with Crippen molar-refractivity contribution in [2.24, 2.45) is 0 Å². The third-order valence-electron chi connectivity index (χ3n) is 6.03. The molecule has 0 unspecified atom stereocenters. The number of carbonyl (C=O) groups is 1. The molecule has 1 aliphatic carbocycles. The van der Waals surface area contributed by atoms with Crippen LogP contribution >= 0.6 is 0 Å². The molecule has 1 aromatic rings. The van der Waals surface area contributed by atoms with Crippen molar-refractivity contribution in [1.82, 2.24) is 19.1 Å². The molecule has 0 N–H and O–H groups in total. The highest BCUT2D eigenvalue weighted by molar-refractivity contribution is 7.89. The SMILES string of the molecule is CCN(C(=O)CN1CCN(c2ccc(S(=O)(=O)N3CCOCC3)cn2)CC1)C1CC1. The Hall–Kier alpha value is -1.75. The molecule has 0 bridgehead atoms. The van der Waals surface area contributed by atoms with Gasteiger partial charge in [-0.25, -0.2) is 13.4 Å². The van der Waals surface area contributed by atoms with Crippen LogP contribution in [-0.2, 0) is 19.6 Å². The van der Waals surface area contributed by atoms with Gasteiger partial charge in [-0.15, -0.1) is 0 Å². The zero-order chi connectivity index (χ0) is 21.1. The van der Waals surface area contributed by atoms with Crippen molar-refractivity contribution in [2.45, 2.75) is 30.7 Å². The van der Waals surface area contributed by atoms with Crippen molar-refractivity contribution in [2.75, 3.05) is 70.5 Å². The van der Waals surface area contributed by atoms with Crippen LogP contribution in [0.15, 0.2) is 23.2 Å². The molecule has 2 aliphatic heterocycles. The molecule has 4 rings (SSSR count). The number of carbonyl (C=O) groups excluding carboxylic acids is 1. The first kappa shape index (κ1) is 21.5. The average Bonchev–Trinajstić information content (AvgIpc) is 3.61. The molecule has 3 aliphatic rings. The number of amides is 1. The first-order chi connectivity index (χ1) is 14.5. The van der Waals surface area contributed by atoms with Crippen molar-refractivity contribution in [3.8, 4) is 0 Å². The minimum absolute atomic E-state index is 0.220. The third kappa shape index (κ3) is 4.77. The van der Waals surface area contributed by atoms with Crippen LogP contribution in [0.1, 0.15) is 19.8 Å². The molecule has 0 spiro atoms. The van der Waals surface area contributed by atoms with Crippen molar-refractivity contribution >= 4 is 21.7 Å². The average molecular weight is 438 g/mol. The molecular formula is C20H31N5O4S. The molecule has 0 atom stereocenters. The highest BCUT2D eigenvalue weighted by Crippen LogP contribution is 2.27. The van der Waals surface area contributed by atoms with Crippen molar-refractivity contribution in [3.63, 3.8) is 0 Å². The van der Waals surface area contributed by atoms with Gasteiger partial charge in [0.25, 0.3) is 0 Å². The number of rotatable bonds is 7. The van der Waals surface area contributed by atoms with Crippen LogP contribution in [-0.4, -0.2) is 105 Å². The zero-order valence-corrected chi connectivity index (χ0v) is 18.4. The summed E-state index contributed by atoms with van der Waals surface area (Å²) in [7, 11) is -3.52. The molecular weight excluding hydrogens is 406 g/mol. The summed E-state index contributed by atoms with van der Waals surface area (Å²) in [5.41, 5.74) is 0. The Bertz CT molecular complexity index is 829. The Morgan fingerprint density at radius 2 is 1.83 bits per heavy atom. The maximum atomic E-state index is 12.7. The highest BCUT2D eigenvalue weighted by atomic mass is 32.2. The van der Waals surface area contributed by atoms with Crippen molar-refractivity contribution < 1.29 is 17.9 Å². The standard InChI is InChI=1S/C20H31N5O4S/c1-2-25(17-3-4-17)20(26)16-22-7-9-23(10-8-22)19-6-5-18(15-21-19)30(27,28)24-11-13-29-14-12-24/h5-6,15,17H,2-4,7-14,16H2,1H3. The molecule has 166 valence electrons. The van der Waals surface area contributed by atoms with Gasteiger partial charge in [-0.05, 0) is 31.9 Å². The van der Waals surface area contributed by atoms with Crippen LogP contribution in [0.2, 0.25) is 0 Å². The maximum Gasteiger partial charge on any atom is 0.244 e. The molecule has 3 fully saturated rings. The van der Waals surface area contributed by atoms with Crippen LogP contribution in [0.5, 0.6) is 0 Å². The molecule has 0 radical (unpaired) electrons. The van der Waals surface area contributed by atoms with E-state index in [-0.39, 0.29) is 10.8 Å². The van der Waals surface area contributed by atoms with Gasteiger partial charge in [0.15, 0.2) is 0 Å². The summed E-state index contributed by atoms with van der Waals surface area (Å²) in [4.78, 5) is 23.5. The molecule has 1 aromatic heterocycles. The van der Waals surface area contributed by atoms with E-state index < -0.39 is 10.0 Å². The molecule has 9 nitrogen and oxygen atoms in total. The minimum atomic E-state index is -3.52. The number of hydrogen-bond donors (Lipinski definition) is 0. The van der Waals surface area contributed by atoms with E-state index >= 15 is 0 Å². The van der Waals surface area contributed by atoms with E-state index in [0.717, 1.165) is 51.4 Å². The fourth-order valence-electron chi connectivity index (χ4n) is 4.09. The van der Waals surface area contributed by atoms with Crippen molar-refractivity contribution in [1.29, 1.82) is 0 Å². The normalized spacial score (nSPS) is 21.6. The Morgan fingerprint density at radius 1 is 1.13 bits per heavy atom. The van der Waals surface area contributed by atoms with E-state index in [0.29, 0.717) is 38.9 Å². The Labute approximate surface area is 178 Å². The number of likely N-dealkylation sites (N-methyl/N-ethyl adjacent to an activating group) is 1. The number of hydrogen-bond acceptors (Lipinski definition) is 7. The number of morpholine rings is 1. The number of pyridine rings is 1. The van der Waals surface area contributed by atoms with Gasteiger partial charge in [-0.3, -0.25) is 9.69 Å². The van der Waals surface area contributed by atoms with Crippen LogP contribution in [0.4, 0.5) is 5.82 Å². The van der Waals surface area contributed by atoms with Gasteiger partial charge in [-0.1, -0.05) is 0 Å². The number of ether oxygens (including phenoxy) is 1. The number of nitrogens with zero attached hydrogens (tertiary/aromatic N) is 5. The van der Waals surface area contributed by atoms with E-state index in [1.54, 1.807) is 12.1 Å². The van der Waals surface area contributed by atoms with Crippen LogP contribution in [0, 0.1) is 0 Å². The fourth-order valence-corrected chi connectivity index (χ4v) is 5.44. The van der Waals surface area contributed by atoms with E-state index in [9.17, 15) is 13.2 Å². The summed E-state index contributed by atoms with van der Waals surface area (Å²) in [6.07, 6.45) is 3.72. The maximum absolute atomic E-state index is 12.7. The van der Waals surface area contributed by atoms with Gasteiger partial charge in [0.1, 0.15) is 10.7 Å². The van der Waals surface area contributed by atoms with E-state index in [1.165, 1.54) is 10.5 Å². The van der Waals surface area contributed by atoms with Crippen LogP contribution in [0.3, 0.4) is 0 Å². The molecule has 30 heavy (non-hydrogen) atoms. The van der Waals surface area contributed by atoms with Gasteiger partial charge in [0.05, 0.1) is 19.8 Å². The summed E-state index contributed by atoms with van der Waals surface area (Å²) in [6.45, 7) is 8.03. The second kappa shape index (κ2) is 9.17. The number of aromatic nitrogens is 1. The second-order valence-corrected chi connectivity index (χ2v) is 9.98. The highest BCUT2D eigenvalue weighted by Gasteiger charge is 2.32. The van der Waals surface area contributed by atoms with Crippen molar-refractivity contribution in [3.05, 3.63) is 18.3 Å². The Morgan fingerprint density at radius 3 is 2.40 bits per heavy atom. The minimum Gasteiger partial charge on any atom is -0.379 e. The quantitative estimate of drug-likeness (QED) is 0.604. The van der Waals surface area contributed by atoms with E-state index in [1.807, 2.05) is 11.8 Å². The van der Waals surface area contributed by atoms with Gasteiger partial charge in [0, 0.05) is 58.1 Å². The Kier molecular flexibility index (Phi) is 6.57. The summed E-state index contributed by atoms with van der Waals surface area (Å²) in [5.74, 6) is 0.999. The number of piperazine rings is 1. The topological polar surface area (TPSA) is 86.3 Å². The molecule has 0 aromatic carbocycles. The Balaban J connectivity index is 1.31. The monoisotopic (exact) mass is 437 g/mol. The molecule has 1 saturated carbocycles. The van der Waals surface area contributed by atoms with Gasteiger partial charge in [0.2, 0.25) is 15.9 Å². The summed E-state index contributed by atoms with van der Waals surface area (Å²) in [5, 5.41) is 0. The van der Waals surface area contributed by atoms with Crippen LogP contribution < -0.4 is 4.90 Å². The zero-order valence-electron chi connectivity index (χ0n) is 17.6. The second-order valence-electron chi connectivity index (χ2n) is 8.04. The fraction of sp³-hybridized carbons (Fsp3) is 0.700. The lowest BCUT2D eigenvalue weighted by molar-refractivity contribution is -0.132. The lowest BCUT2D eigenvalue weighted by Crippen LogP contribution is -2.50. The first-order valence-corrected chi connectivity index (χ1v) is 12.2. The lowest BCUT2D eigenvalue weighted by Gasteiger charge is -2.36. The smallest absolute Gasteiger partial charge is 0.244 e. The number of anilines is 1. The van der Waals surface area contributed by atoms with Gasteiger partial charge < -0.3 is 14.5 Å². The molecule has 2 saturated heterocycles.